The number of nitrogens with one attached hydrogen (secondary N) is 1. The first-order valence-corrected chi connectivity index (χ1v) is 11.5. The minimum atomic E-state index is -0.316. The van der Waals surface area contributed by atoms with Crippen molar-refractivity contribution in [2.45, 2.75) is 12.8 Å². The van der Waals surface area contributed by atoms with Crippen LogP contribution in [0.25, 0.3) is 0 Å². The van der Waals surface area contributed by atoms with Crippen LogP contribution in [0.1, 0.15) is 32.9 Å². The number of amides is 2. The van der Waals surface area contributed by atoms with Crippen LogP contribution in [0.3, 0.4) is 0 Å². The Balaban J connectivity index is 1.28. The molecule has 1 aromatic heterocycles. The van der Waals surface area contributed by atoms with Crippen LogP contribution < -0.4 is 10.1 Å². The molecule has 1 saturated heterocycles. The zero-order valence-corrected chi connectivity index (χ0v) is 18.7. The Morgan fingerprint density at radius 1 is 0.969 bits per heavy atom. The summed E-state index contributed by atoms with van der Waals surface area (Å²) in [6.07, 6.45) is 1.14. The molecule has 0 aliphatic carbocycles. The number of hydrogen-bond donors (Lipinski definition) is 1. The van der Waals surface area contributed by atoms with E-state index in [-0.39, 0.29) is 23.7 Å². The third-order valence-corrected chi connectivity index (χ3v) is 6.48. The maximum atomic E-state index is 12.5. The summed E-state index contributed by atoms with van der Waals surface area (Å²) in [5.41, 5.74) is 0.948. The van der Waals surface area contributed by atoms with E-state index in [9.17, 15) is 14.4 Å². The summed E-state index contributed by atoms with van der Waals surface area (Å²) in [5.74, 6) is -0.448. The second kappa shape index (κ2) is 9.97. The number of benzene rings is 2. The fourth-order valence-electron chi connectivity index (χ4n) is 3.52. The predicted octanol–water partition coefficient (Wildman–Crippen LogP) is 5.11. The van der Waals surface area contributed by atoms with Crippen molar-refractivity contribution in [3.8, 4) is 5.75 Å². The van der Waals surface area contributed by atoms with Crippen molar-refractivity contribution in [2.75, 3.05) is 18.4 Å². The van der Waals surface area contributed by atoms with Gasteiger partial charge in [0.2, 0.25) is 0 Å². The summed E-state index contributed by atoms with van der Waals surface area (Å²) in [7, 11) is 0. The Hall–Kier alpha value is -3.16. The van der Waals surface area contributed by atoms with Gasteiger partial charge < -0.3 is 15.0 Å². The van der Waals surface area contributed by atoms with Crippen LogP contribution in [0.4, 0.5) is 5.69 Å². The van der Waals surface area contributed by atoms with E-state index in [4.69, 9.17) is 16.3 Å². The van der Waals surface area contributed by atoms with Gasteiger partial charge in [0.05, 0.1) is 21.4 Å². The molecule has 0 saturated carbocycles. The van der Waals surface area contributed by atoms with Crippen molar-refractivity contribution in [3.63, 3.8) is 0 Å². The number of piperidine rings is 1. The highest BCUT2D eigenvalue weighted by molar-refractivity contribution is 7.12. The number of nitrogens with zero attached hydrogens (tertiary/aromatic N) is 1. The van der Waals surface area contributed by atoms with E-state index in [0.29, 0.717) is 52.8 Å². The average molecular weight is 469 g/mol. The lowest BCUT2D eigenvalue weighted by Crippen LogP contribution is -2.40. The van der Waals surface area contributed by atoms with Crippen LogP contribution in [0.15, 0.2) is 66.0 Å². The molecule has 0 bridgehead atoms. The fraction of sp³-hybridized carbons (Fsp3) is 0.208. The molecule has 1 aliphatic heterocycles. The SMILES string of the molecule is O=C(Nc1ccc(OC(=O)C2CCN(C(=O)c3cccs3)CC2)cc1)c1ccccc1Cl. The Bertz CT molecular complexity index is 1110. The van der Waals surface area contributed by atoms with Crippen LogP contribution in [-0.2, 0) is 4.79 Å². The summed E-state index contributed by atoms with van der Waals surface area (Å²) >= 11 is 7.48. The maximum absolute atomic E-state index is 12.5. The zero-order valence-electron chi connectivity index (χ0n) is 17.1. The first-order valence-electron chi connectivity index (χ1n) is 10.2. The molecule has 4 rings (SSSR count). The normalized spacial score (nSPS) is 14.1. The van der Waals surface area contributed by atoms with Crippen molar-refractivity contribution in [1.82, 2.24) is 4.90 Å². The van der Waals surface area contributed by atoms with Gasteiger partial charge in [-0.2, -0.15) is 0 Å². The molecule has 0 atom stereocenters. The third-order valence-electron chi connectivity index (χ3n) is 5.30. The Morgan fingerprint density at radius 3 is 2.34 bits per heavy atom. The number of anilines is 1. The summed E-state index contributed by atoms with van der Waals surface area (Å²) in [6, 6.07) is 17.1. The number of carbonyl (C=O) groups excluding carboxylic acids is 3. The number of halogens is 1. The van der Waals surface area contributed by atoms with E-state index < -0.39 is 0 Å². The quantitative estimate of drug-likeness (QED) is 0.417. The maximum Gasteiger partial charge on any atom is 0.314 e. The van der Waals surface area contributed by atoms with Gasteiger partial charge in [-0.1, -0.05) is 29.8 Å². The van der Waals surface area contributed by atoms with Crippen LogP contribution >= 0.6 is 22.9 Å². The van der Waals surface area contributed by atoms with E-state index in [0.717, 1.165) is 0 Å². The van der Waals surface area contributed by atoms with E-state index >= 15 is 0 Å². The number of thiophene rings is 1. The second-order valence-corrected chi connectivity index (χ2v) is 8.78. The van der Waals surface area contributed by atoms with Crippen molar-refractivity contribution >= 4 is 46.4 Å². The molecule has 2 heterocycles. The van der Waals surface area contributed by atoms with E-state index in [1.165, 1.54) is 11.3 Å². The number of carbonyl (C=O) groups is 3. The highest BCUT2D eigenvalue weighted by atomic mass is 35.5. The number of ether oxygens (including phenoxy) is 1. The van der Waals surface area contributed by atoms with Gasteiger partial charge in [-0.15, -0.1) is 11.3 Å². The minimum Gasteiger partial charge on any atom is -0.426 e. The van der Waals surface area contributed by atoms with Gasteiger partial charge in [0.1, 0.15) is 5.75 Å². The number of esters is 1. The summed E-state index contributed by atoms with van der Waals surface area (Å²) < 4.78 is 5.51. The second-order valence-electron chi connectivity index (χ2n) is 7.42. The van der Waals surface area contributed by atoms with Crippen LogP contribution in [-0.4, -0.2) is 35.8 Å². The average Bonchev–Trinajstić information content (AvgIpc) is 3.35. The molecular weight excluding hydrogens is 448 g/mol. The monoisotopic (exact) mass is 468 g/mol. The van der Waals surface area contributed by atoms with Crippen molar-refractivity contribution in [1.29, 1.82) is 0 Å². The standard InChI is InChI=1S/C24H21ClN2O4S/c25-20-5-2-1-4-19(20)22(28)26-17-7-9-18(10-8-17)31-24(30)16-11-13-27(14-12-16)23(29)21-6-3-15-32-21/h1-10,15-16H,11-14H2,(H,26,28). The van der Waals surface area contributed by atoms with E-state index in [1.807, 2.05) is 17.5 Å². The van der Waals surface area contributed by atoms with Gasteiger partial charge in [-0.05, 0) is 60.7 Å². The molecule has 32 heavy (non-hydrogen) atoms. The third kappa shape index (κ3) is 5.18. The lowest BCUT2D eigenvalue weighted by atomic mass is 9.97. The molecule has 164 valence electrons. The molecule has 2 amide bonds. The highest BCUT2D eigenvalue weighted by Gasteiger charge is 2.29. The van der Waals surface area contributed by atoms with Crippen LogP contribution in [0.2, 0.25) is 5.02 Å². The van der Waals surface area contributed by atoms with Crippen molar-refractivity contribution in [3.05, 3.63) is 81.5 Å². The first kappa shape index (κ1) is 22.0. The largest absolute Gasteiger partial charge is 0.426 e. The molecule has 6 nitrogen and oxygen atoms in total. The highest BCUT2D eigenvalue weighted by Crippen LogP contribution is 2.24. The van der Waals surface area contributed by atoms with Gasteiger partial charge in [-0.3, -0.25) is 14.4 Å². The molecule has 1 aliphatic rings. The van der Waals surface area contributed by atoms with Crippen LogP contribution in [0, 0.1) is 5.92 Å². The van der Waals surface area contributed by atoms with E-state index in [1.54, 1.807) is 53.4 Å². The van der Waals surface area contributed by atoms with Gasteiger partial charge in [0.25, 0.3) is 11.8 Å². The van der Waals surface area contributed by atoms with Crippen molar-refractivity contribution < 1.29 is 19.1 Å². The van der Waals surface area contributed by atoms with Gasteiger partial charge in [0.15, 0.2) is 0 Å². The Labute approximate surface area is 194 Å². The molecule has 0 radical (unpaired) electrons. The topological polar surface area (TPSA) is 75.7 Å². The lowest BCUT2D eigenvalue weighted by molar-refractivity contribution is -0.140. The van der Waals surface area contributed by atoms with Gasteiger partial charge in [-0.25, -0.2) is 0 Å². The summed E-state index contributed by atoms with van der Waals surface area (Å²) in [6.45, 7) is 1.06. The smallest absolute Gasteiger partial charge is 0.314 e. The predicted molar refractivity (Wildman–Crippen MR) is 124 cm³/mol. The first-order chi connectivity index (χ1) is 15.5. The lowest BCUT2D eigenvalue weighted by Gasteiger charge is -2.30. The zero-order chi connectivity index (χ0) is 22.5. The molecule has 8 heteroatoms. The molecular formula is C24H21ClN2O4S. The minimum absolute atomic E-state index is 0.0150. The Kier molecular flexibility index (Phi) is 6.87. The number of likely N-dealkylation sites (tertiary alicyclic amines) is 1. The Morgan fingerprint density at radius 2 is 1.69 bits per heavy atom. The molecule has 1 fully saturated rings. The van der Waals surface area contributed by atoms with E-state index in [2.05, 4.69) is 5.32 Å². The van der Waals surface area contributed by atoms with Gasteiger partial charge in [0, 0.05) is 18.8 Å². The number of rotatable bonds is 5. The molecule has 2 aromatic carbocycles. The summed E-state index contributed by atoms with van der Waals surface area (Å²) in [5, 5.41) is 5.02. The molecule has 0 spiro atoms. The van der Waals surface area contributed by atoms with Crippen molar-refractivity contribution in [2.24, 2.45) is 5.92 Å². The van der Waals surface area contributed by atoms with Gasteiger partial charge >= 0.3 is 5.97 Å². The molecule has 3 aromatic rings. The number of hydrogen-bond acceptors (Lipinski definition) is 5. The van der Waals surface area contributed by atoms with Crippen LogP contribution in [0.5, 0.6) is 5.75 Å². The molecule has 1 N–H and O–H groups in total. The summed E-state index contributed by atoms with van der Waals surface area (Å²) in [4.78, 5) is 39.8. The molecule has 0 unspecified atom stereocenters. The fourth-order valence-corrected chi connectivity index (χ4v) is 4.44.